The van der Waals surface area contributed by atoms with Crippen molar-refractivity contribution in [2.75, 3.05) is 18.2 Å². The van der Waals surface area contributed by atoms with Crippen molar-refractivity contribution in [3.05, 3.63) is 47.5 Å². The highest BCUT2D eigenvalue weighted by atomic mass is 19.1. The SMILES string of the molecule is COc1cc(Nc2ccc(C#N)cc2F)c(N)cc1F. The van der Waals surface area contributed by atoms with Gasteiger partial charge in [0.1, 0.15) is 5.82 Å². The van der Waals surface area contributed by atoms with Gasteiger partial charge in [0.2, 0.25) is 0 Å². The lowest BCUT2D eigenvalue weighted by Gasteiger charge is -2.12. The van der Waals surface area contributed by atoms with Crippen molar-refractivity contribution in [3.63, 3.8) is 0 Å². The molecule has 0 heterocycles. The van der Waals surface area contributed by atoms with Crippen molar-refractivity contribution in [3.8, 4) is 11.8 Å². The third kappa shape index (κ3) is 2.62. The van der Waals surface area contributed by atoms with Crippen molar-refractivity contribution in [2.45, 2.75) is 0 Å². The number of rotatable bonds is 3. The Morgan fingerprint density at radius 3 is 2.50 bits per heavy atom. The van der Waals surface area contributed by atoms with Gasteiger partial charge in [-0.05, 0) is 18.2 Å². The summed E-state index contributed by atoms with van der Waals surface area (Å²) in [6.45, 7) is 0. The number of nitrogens with two attached hydrogens (primary N) is 1. The van der Waals surface area contributed by atoms with E-state index in [4.69, 9.17) is 15.7 Å². The molecule has 2 aromatic carbocycles. The van der Waals surface area contributed by atoms with Crippen LogP contribution in [0.15, 0.2) is 30.3 Å². The number of nitriles is 1. The molecule has 0 saturated heterocycles. The van der Waals surface area contributed by atoms with Crippen LogP contribution < -0.4 is 15.8 Å². The molecule has 0 spiro atoms. The first-order valence-electron chi connectivity index (χ1n) is 5.65. The second-order valence-electron chi connectivity index (χ2n) is 4.01. The fraction of sp³-hybridized carbons (Fsp3) is 0.0714. The number of nitrogens with one attached hydrogen (secondary N) is 1. The fourth-order valence-electron chi connectivity index (χ4n) is 1.66. The van der Waals surface area contributed by atoms with E-state index < -0.39 is 11.6 Å². The minimum atomic E-state index is -0.605. The first-order chi connectivity index (χ1) is 9.55. The molecule has 6 heteroatoms. The normalized spacial score (nSPS) is 9.90. The standard InChI is InChI=1S/C14H11F2N3O/c1-20-14-6-13(11(18)5-10(14)16)19-12-3-2-8(7-17)4-9(12)15/h2-6,19H,18H2,1H3. The Bertz CT molecular complexity index is 696. The lowest BCUT2D eigenvalue weighted by atomic mass is 10.2. The van der Waals surface area contributed by atoms with Crippen LogP contribution in [-0.2, 0) is 0 Å². The Morgan fingerprint density at radius 2 is 1.90 bits per heavy atom. The Kier molecular flexibility index (Phi) is 3.71. The highest BCUT2D eigenvalue weighted by molar-refractivity contribution is 5.74. The Balaban J connectivity index is 2.37. The smallest absolute Gasteiger partial charge is 0.167 e. The van der Waals surface area contributed by atoms with Gasteiger partial charge in [0.05, 0.1) is 35.8 Å². The van der Waals surface area contributed by atoms with Gasteiger partial charge in [0.25, 0.3) is 0 Å². The molecule has 0 unspecified atom stereocenters. The summed E-state index contributed by atoms with van der Waals surface area (Å²) >= 11 is 0. The van der Waals surface area contributed by atoms with Gasteiger partial charge in [-0.2, -0.15) is 5.26 Å². The van der Waals surface area contributed by atoms with Crippen LogP contribution in [0.3, 0.4) is 0 Å². The van der Waals surface area contributed by atoms with E-state index in [2.05, 4.69) is 5.32 Å². The predicted octanol–water partition coefficient (Wildman–Crippen LogP) is 3.17. The third-order valence-electron chi connectivity index (χ3n) is 2.69. The molecule has 0 aromatic heterocycles. The highest BCUT2D eigenvalue weighted by Crippen LogP contribution is 2.31. The summed E-state index contributed by atoms with van der Waals surface area (Å²) in [6.07, 6.45) is 0. The molecule has 0 radical (unpaired) electrons. The van der Waals surface area contributed by atoms with Crippen molar-refractivity contribution < 1.29 is 13.5 Å². The van der Waals surface area contributed by atoms with Gasteiger partial charge in [-0.25, -0.2) is 8.78 Å². The number of halogens is 2. The highest BCUT2D eigenvalue weighted by Gasteiger charge is 2.10. The summed E-state index contributed by atoms with van der Waals surface area (Å²) in [6, 6.07) is 8.22. The molecule has 0 aliphatic carbocycles. The molecule has 20 heavy (non-hydrogen) atoms. The zero-order chi connectivity index (χ0) is 14.7. The molecule has 0 saturated carbocycles. The number of hydrogen-bond donors (Lipinski definition) is 2. The summed E-state index contributed by atoms with van der Waals surface area (Å²) in [5.41, 5.74) is 6.43. The molecule has 0 aliphatic heterocycles. The van der Waals surface area contributed by atoms with Crippen LogP contribution >= 0.6 is 0 Å². The number of hydrogen-bond acceptors (Lipinski definition) is 4. The number of nitrogen functional groups attached to an aromatic ring is 1. The van der Waals surface area contributed by atoms with Gasteiger partial charge in [-0.1, -0.05) is 0 Å². The third-order valence-corrected chi connectivity index (χ3v) is 2.69. The van der Waals surface area contributed by atoms with Gasteiger partial charge in [0, 0.05) is 12.1 Å². The topological polar surface area (TPSA) is 71.1 Å². The van der Waals surface area contributed by atoms with Gasteiger partial charge in [-0.15, -0.1) is 0 Å². The van der Waals surface area contributed by atoms with Crippen LogP contribution in [0.4, 0.5) is 25.8 Å². The van der Waals surface area contributed by atoms with E-state index in [9.17, 15) is 8.78 Å². The summed E-state index contributed by atoms with van der Waals surface area (Å²) in [4.78, 5) is 0. The molecular formula is C14H11F2N3O. The second-order valence-corrected chi connectivity index (χ2v) is 4.01. The number of nitrogens with zero attached hydrogens (tertiary/aromatic N) is 1. The quantitative estimate of drug-likeness (QED) is 0.844. The maximum atomic E-state index is 13.8. The predicted molar refractivity (Wildman–Crippen MR) is 71.8 cm³/mol. The van der Waals surface area contributed by atoms with E-state index in [-0.39, 0.29) is 22.7 Å². The first-order valence-corrected chi connectivity index (χ1v) is 5.65. The van der Waals surface area contributed by atoms with Crippen LogP contribution in [0.2, 0.25) is 0 Å². The van der Waals surface area contributed by atoms with Gasteiger partial charge in [0.15, 0.2) is 11.6 Å². The molecule has 0 atom stereocenters. The molecule has 4 nitrogen and oxygen atoms in total. The molecule has 0 aliphatic rings. The van der Waals surface area contributed by atoms with E-state index in [1.54, 1.807) is 0 Å². The largest absolute Gasteiger partial charge is 0.494 e. The van der Waals surface area contributed by atoms with Gasteiger partial charge >= 0.3 is 0 Å². The van der Waals surface area contributed by atoms with Crippen LogP contribution in [0.25, 0.3) is 0 Å². The van der Waals surface area contributed by atoms with Crippen LogP contribution in [0.1, 0.15) is 5.56 Å². The summed E-state index contributed by atoms with van der Waals surface area (Å²) in [5, 5.41) is 11.4. The fourth-order valence-corrected chi connectivity index (χ4v) is 1.66. The van der Waals surface area contributed by atoms with E-state index in [0.717, 1.165) is 12.1 Å². The van der Waals surface area contributed by atoms with Gasteiger partial charge < -0.3 is 15.8 Å². The molecule has 2 rings (SSSR count). The molecule has 0 fully saturated rings. The van der Waals surface area contributed by atoms with Crippen molar-refractivity contribution >= 4 is 17.1 Å². The molecule has 3 N–H and O–H groups in total. The summed E-state index contributed by atoms with van der Waals surface area (Å²) in [7, 11) is 1.32. The maximum Gasteiger partial charge on any atom is 0.167 e. The lowest BCUT2D eigenvalue weighted by molar-refractivity contribution is 0.387. The summed E-state index contributed by atoms with van der Waals surface area (Å²) < 4.78 is 32.0. The summed E-state index contributed by atoms with van der Waals surface area (Å²) in [5.74, 6) is -1.21. The first kappa shape index (κ1) is 13.6. The Hall–Kier alpha value is -2.81. The number of methoxy groups -OCH3 is 1. The average Bonchev–Trinajstić information content (AvgIpc) is 2.43. The minimum Gasteiger partial charge on any atom is -0.494 e. The van der Waals surface area contributed by atoms with Crippen molar-refractivity contribution in [2.24, 2.45) is 0 Å². The lowest BCUT2D eigenvalue weighted by Crippen LogP contribution is -2.01. The zero-order valence-electron chi connectivity index (χ0n) is 10.6. The van der Waals surface area contributed by atoms with E-state index in [0.29, 0.717) is 5.69 Å². The molecular weight excluding hydrogens is 264 g/mol. The minimum absolute atomic E-state index is 0.00393. The molecule has 0 bridgehead atoms. The number of benzene rings is 2. The monoisotopic (exact) mass is 275 g/mol. The Morgan fingerprint density at radius 1 is 1.15 bits per heavy atom. The van der Waals surface area contributed by atoms with Crippen LogP contribution in [0.5, 0.6) is 5.75 Å². The average molecular weight is 275 g/mol. The number of ether oxygens (including phenoxy) is 1. The van der Waals surface area contributed by atoms with E-state index >= 15 is 0 Å². The molecule has 0 amide bonds. The van der Waals surface area contributed by atoms with Crippen LogP contribution in [0, 0.1) is 23.0 Å². The van der Waals surface area contributed by atoms with Crippen LogP contribution in [-0.4, -0.2) is 7.11 Å². The number of anilines is 3. The molecule has 2 aromatic rings. The van der Waals surface area contributed by atoms with E-state index in [1.807, 2.05) is 6.07 Å². The zero-order valence-corrected chi connectivity index (χ0v) is 10.6. The van der Waals surface area contributed by atoms with Gasteiger partial charge in [-0.3, -0.25) is 0 Å². The maximum absolute atomic E-state index is 13.8. The second kappa shape index (κ2) is 5.45. The Labute approximate surface area is 114 Å². The van der Waals surface area contributed by atoms with E-state index in [1.165, 1.54) is 25.3 Å². The van der Waals surface area contributed by atoms with Crippen molar-refractivity contribution in [1.82, 2.24) is 0 Å². The van der Waals surface area contributed by atoms with Crippen molar-refractivity contribution in [1.29, 1.82) is 5.26 Å². The molecule has 102 valence electrons.